The molecule has 2 aliphatic rings. The van der Waals surface area contributed by atoms with Crippen LogP contribution in [-0.4, -0.2) is 8.80 Å². The first-order valence-corrected chi connectivity index (χ1v) is 31.9. The predicted octanol–water partition coefficient (Wildman–Crippen LogP) is 23.8. The van der Waals surface area contributed by atoms with Gasteiger partial charge in [0.1, 0.15) is 0 Å². The van der Waals surface area contributed by atoms with E-state index in [9.17, 15) is 0 Å². The van der Waals surface area contributed by atoms with Crippen molar-refractivity contribution in [3.63, 3.8) is 0 Å². The molecular weight excluding hydrogens is 1040 g/mol. The molecule has 15 aromatic rings. The van der Waals surface area contributed by atoms with Crippen LogP contribution in [0.2, 0.25) is 0 Å². The minimum atomic E-state index is 0.375. The Labute approximate surface area is 503 Å². The van der Waals surface area contributed by atoms with Crippen LogP contribution < -0.4 is 9.80 Å². The smallest absolute Gasteiger partial charge is 0.0641 e. The van der Waals surface area contributed by atoms with Crippen molar-refractivity contribution in [2.75, 3.05) is 9.80 Å². The Hall–Kier alpha value is -9.38. The summed E-state index contributed by atoms with van der Waals surface area (Å²) in [5.74, 6) is 1.94. The fraction of sp³-hybridized carbons (Fsp3) is 0.195. The molecular formula is C82H70N4. The molecule has 0 N–H and O–H groups in total. The van der Waals surface area contributed by atoms with Crippen LogP contribution in [0.3, 0.4) is 0 Å². The van der Waals surface area contributed by atoms with Crippen molar-refractivity contribution >= 4 is 110 Å². The third-order valence-corrected chi connectivity index (χ3v) is 20.2. The monoisotopic (exact) mass is 1110 g/mol. The Kier molecular flexibility index (Phi) is 12.0. The van der Waals surface area contributed by atoms with Crippen molar-refractivity contribution in [2.24, 2.45) is 0 Å². The molecule has 4 aromatic heterocycles. The SMILES string of the molecule is CC(C)c1cccc(N(c2ccc(C3CCCC3)cc2-c2ccccc2)c2ccc3c4cc5c(cc4n4c6ccccc6c2c34)c2ccc(N(c3cccc(C(C)C)c3)c3ccc(C4CCCC4)cc3-c3ccccc3)c3c4ccccc4n5c23)c1. The van der Waals surface area contributed by atoms with E-state index in [0.717, 1.165) is 0 Å². The summed E-state index contributed by atoms with van der Waals surface area (Å²) in [4.78, 5) is 5.19. The minimum absolute atomic E-state index is 0.375. The van der Waals surface area contributed by atoms with Crippen molar-refractivity contribution in [2.45, 2.75) is 103 Å². The summed E-state index contributed by atoms with van der Waals surface area (Å²) in [7, 11) is 0. The molecule has 86 heavy (non-hydrogen) atoms. The molecule has 0 spiro atoms. The van der Waals surface area contributed by atoms with Crippen LogP contribution in [0.1, 0.15) is 125 Å². The summed E-state index contributed by atoms with van der Waals surface area (Å²) in [6.07, 6.45) is 10.3. The lowest BCUT2D eigenvalue weighted by atomic mass is 9.92. The van der Waals surface area contributed by atoms with E-state index in [1.165, 1.54) is 206 Å². The highest BCUT2D eigenvalue weighted by atomic mass is 15.2. The summed E-state index contributed by atoms with van der Waals surface area (Å²) in [6, 6.07) is 88.9. The van der Waals surface area contributed by atoms with E-state index in [0.29, 0.717) is 23.7 Å². The van der Waals surface area contributed by atoms with Crippen LogP contribution in [0, 0.1) is 0 Å². The zero-order valence-corrected chi connectivity index (χ0v) is 49.7. The molecule has 0 radical (unpaired) electrons. The van der Waals surface area contributed by atoms with Crippen molar-refractivity contribution in [3.8, 4) is 22.3 Å². The van der Waals surface area contributed by atoms with Gasteiger partial charge in [0.15, 0.2) is 0 Å². The maximum Gasteiger partial charge on any atom is 0.0641 e. The zero-order valence-electron chi connectivity index (χ0n) is 49.7. The average molecular weight is 1110 g/mol. The lowest BCUT2D eigenvalue weighted by Gasteiger charge is -2.30. The number of benzene rings is 11. The summed E-state index contributed by atoms with van der Waals surface area (Å²) in [5, 5.41) is 10.1. The first-order valence-electron chi connectivity index (χ1n) is 31.9. The third-order valence-electron chi connectivity index (χ3n) is 20.2. The molecule has 4 heteroatoms. The van der Waals surface area contributed by atoms with E-state index >= 15 is 0 Å². The molecule has 0 aliphatic heterocycles. The van der Waals surface area contributed by atoms with Crippen LogP contribution in [0.4, 0.5) is 34.1 Å². The summed E-state index contributed by atoms with van der Waals surface area (Å²) in [5.41, 5.74) is 25.2. The van der Waals surface area contributed by atoms with E-state index in [1.807, 2.05) is 0 Å². The molecule has 0 atom stereocenters. The number of para-hydroxylation sites is 2. The fourth-order valence-corrected chi connectivity index (χ4v) is 15.9. The highest BCUT2D eigenvalue weighted by molar-refractivity contribution is 6.32. The van der Waals surface area contributed by atoms with Gasteiger partial charge >= 0.3 is 0 Å². The third kappa shape index (κ3) is 7.87. The Morgan fingerprint density at radius 3 is 1.14 bits per heavy atom. The zero-order chi connectivity index (χ0) is 57.3. The number of anilines is 6. The Morgan fingerprint density at radius 1 is 0.326 bits per heavy atom. The van der Waals surface area contributed by atoms with E-state index in [-0.39, 0.29) is 0 Å². The highest BCUT2D eigenvalue weighted by Crippen LogP contribution is 2.54. The van der Waals surface area contributed by atoms with Gasteiger partial charge in [-0.3, -0.25) is 0 Å². The van der Waals surface area contributed by atoms with Crippen molar-refractivity contribution in [1.29, 1.82) is 0 Å². The number of rotatable bonds is 12. The van der Waals surface area contributed by atoms with Crippen LogP contribution in [0.5, 0.6) is 0 Å². The molecule has 2 fully saturated rings. The number of fused-ring (bicyclic) bond motifs is 12. The minimum Gasteiger partial charge on any atom is -0.309 e. The van der Waals surface area contributed by atoms with Crippen molar-refractivity contribution < 1.29 is 0 Å². The molecule has 0 saturated heterocycles. The molecule has 0 bridgehead atoms. The van der Waals surface area contributed by atoms with E-state index in [4.69, 9.17) is 0 Å². The van der Waals surface area contributed by atoms with Crippen molar-refractivity contribution in [1.82, 2.24) is 8.80 Å². The number of hydrogen-bond acceptors (Lipinski definition) is 2. The Morgan fingerprint density at radius 2 is 0.721 bits per heavy atom. The average Bonchev–Trinajstić information content (AvgIpc) is 1.56. The highest BCUT2D eigenvalue weighted by Gasteiger charge is 2.31. The molecule has 2 saturated carbocycles. The van der Waals surface area contributed by atoms with Gasteiger partial charge in [-0.1, -0.05) is 199 Å². The Bertz CT molecular complexity index is 4770. The quantitative estimate of drug-likeness (QED) is 0.121. The first kappa shape index (κ1) is 51.1. The maximum atomic E-state index is 2.60. The normalized spacial score (nSPS) is 14.5. The lowest BCUT2D eigenvalue weighted by molar-refractivity contribution is 0.723. The van der Waals surface area contributed by atoms with E-state index in [1.54, 1.807) is 0 Å². The van der Waals surface area contributed by atoms with Gasteiger partial charge in [-0.25, -0.2) is 0 Å². The van der Waals surface area contributed by atoms with Gasteiger partial charge in [-0.15, -0.1) is 0 Å². The summed E-state index contributed by atoms with van der Waals surface area (Å²) in [6.45, 7) is 9.24. The number of hydrogen-bond donors (Lipinski definition) is 0. The van der Waals surface area contributed by atoms with Gasteiger partial charge in [0.25, 0.3) is 0 Å². The number of aromatic nitrogens is 2. The van der Waals surface area contributed by atoms with Crippen LogP contribution >= 0.6 is 0 Å². The molecule has 4 nitrogen and oxygen atoms in total. The Balaban J connectivity index is 0.920. The lowest BCUT2D eigenvalue weighted by Crippen LogP contribution is -2.12. The topological polar surface area (TPSA) is 15.3 Å². The van der Waals surface area contributed by atoms with Gasteiger partial charge in [0, 0.05) is 65.6 Å². The van der Waals surface area contributed by atoms with Gasteiger partial charge in [-0.2, -0.15) is 0 Å². The predicted molar refractivity (Wildman–Crippen MR) is 367 cm³/mol. The number of nitrogens with zero attached hydrogens (tertiary/aromatic N) is 4. The van der Waals surface area contributed by atoms with E-state index in [2.05, 4.69) is 277 Å². The second-order valence-electron chi connectivity index (χ2n) is 25.7. The van der Waals surface area contributed by atoms with E-state index < -0.39 is 0 Å². The first-order chi connectivity index (χ1) is 42.3. The molecule has 2 aliphatic carbocycles. The summed E-state index contributed by atoms with van der Waals surface area (Å²) < 4.78 is 5.20. The second-order valence-corrected chi connectivity index (χ2v) is 25.7. The summed E-state index contributed by atoms with van der Waals surface area (Å²) >= 11 is 0. The fourth-order valence-electron chi connectivity index (χ4n) is 15.9. The maximum absolute atomic E-state index is 2.60. The molecule has 4 heterocycles. The molecule has 418 valence electrons. The van der Waals surface area contributed by atoms with Gasteiger partial charge in [-0.05, 0) is 168 Å². The second kappa shape index (κ2) is 20.1. The van der Waals surface area contributed by atoms with Crippen molar-refractivity contribution in [3.05, 3.63) is 253 Å². The van der Waals surface area contributed by atoms with Crippen LogP contribution in [0.15, 0.2) is 231 Å². The molecule has 0 amide bonds. The van der Waals surface area contributed by atoms with Gasteiger partial charge in [0.05, 0.1) is 55.8 Å². The molecule has 11 aromatic carbocycles. The molecule has 17 rings (SSSR count). The van der Waals surface area contributed by atoms with Gasteiger partial charge in [0.2, 0.25) is 0 Å². The van der Waals surface area contributed by atoms with Crippen LogP contribution in [-0.2, 0) is 0 Å². The standard InChI is InChI=1S/C82H70N4/c1-51(2)57-29-19-31-61(45-57)83(73-41-37-59(53-21-11-12-22-53)47-67(73)55-25-7-5-8-26-55)75-43-39-63-69-49-78-70(50-77(69)85-71-35-17-15-33-65(71)79(75)81(63)85)64-40-44-76(80-66-34-16-18-36-72(66)86(78)82(64)80)84(62-32-20-30-58(46-62)52(3)4)74-42-38-60(54-23-13-14-24-54)48-68(74)56-27-9-6-10-28-56/h5-10,15-20,25-54H,11-14,21-24H2,1-4H3. The van der Waals surface area contributed by atoms with Crippen LogP contribution in [0.25, 0.3) is 98.4 Å². The molecule has 0 unspecified atom stereocenters. The largest absolute Gasteiger partial charge is 0.309 e. The van der Waals surface area contributed by atoms with Gasteiger partial charge < -0.3 is 18.6 Å².